The van der Waals surface area contributed by atoms with Gasteiger partial charge in [-0.25, -0.2) is 12.8 Å². The number of halogens is 1. The van der Waals surface area contributed by atoms with Crippen LogP contribution in [0.2, 0.25) is 0 Å². The SMILES string of the molecule is Cc1ccc(S(=O)(=O)N(CC(=O)NC(C)c2ccccc2)c2ccc(F)cc2)cc1. The Bertz CT molecular complexity index is 1100. The predicted octanol–water partition coefficient (Wildman–Crippen LogP) is 4.21. The van der Waals surface area contributed by atoms with Gasteiger partial charge in [0.05, 0.1) is 16.6 Å². The quantitative estimate of drug-likeness (QED) is 0.616. The van der Waals surface area contributed by atoms with Gasteiger partial charge < -0.3 is 5.32 Å². The topological polar surface area (TPSA) is 66.5 Å². The molecule has 1 amide bonds. The maximum absolute atomic E-state index is 13.4. The zero-order valence-corrected chi connectivity index (χ0v) is 17.6. The first-order valence-corrected chi connectivity index (χ1v) is 10.9. The van der Waals surface area contributed by atoms with Gasteiger partial charge in [-0.15, -0.1) is 0 Å². The highest BCUT2D eigenvalue weighted by Gasteiger charge is 2.27. The van der Waals surface area contributed by atoms with E-state index in [9.17, 15) is 17.6 Å². The maximum Gasteiger partial charge on any atom is 0.264 e. The van der Waals surface area contributed by atoms with Gasteiger partial charge >= 0.3 is 0 Å². The Morgan fingerprint density at radius 3 is 2.17 bits per heavy atom. The van der Waals surface area contributed by atoms with Crippen molar-refractivity contribution in [1.29, 1.82) is 0 Å². The molecule has 3 aromatic carbocycles. The Morgan fingerprint density at radius 2 is 1.57 bits per heavy atom. The first kappa shape index (κ1) is 21.5. The van der Waals surface area contributed by atoms with E-state index in [0.717, 1.165) is 27.6 Å². The molecule has 1 unspecified atom stereocenters. The number of sulfonamides is 1. The zero-order valence-electron chi connectivity index (χ0n) is 16.7. The normalized spacial score (nSPS) is 12.2. The molecule has 0 aliphatic heterocycles. The molecule has 156 valence electrons. The summed E-state index contributed by atoms with van der Waals surface area (Å²) >= 11 is 0. The lowest BCUT2D eigenvalue weighted by Gasteiger charge is -2.25. The van der Waals surface area contributed by atoms with Crippen molar-refractivity contribution in [3.05, 3.63) is 95.8 Å². The molecule has 0 fully saturated rings. The van der Waals surface area contributed by atoms with Gasteiger partial charge in [-0.2, -0.15) is 0 Å². The van der Waals surface area contributed by atoms with Crippen LogP contribution in [0.5, 0.6) is 0 Å². The van der Waals surface area contributed by atoms with Crippen LogP contribution in [0.3, 0.4) is 0 Å². The lowest BCUT2D eigenvalue weighted by Crippen LogP contribution is -2.41. The monoisotopic (exact) mass is 426 g/mol. The molecule has 1 N–H and O–H groups in total. The van der Waals surface area contributed by atoms with Gasteiger partial charge in [-0.1, -0.05) is 48.0 Å². The van der Waals surface area contributed by atoms with Crippen LogP contribution < -0.4 is 9.62 Å². The van der Waals surface area contributed by atoms with Gasteiger partial charge in [0.15, 0.2) is 0 Å². The molecule has 7 heteroatoms. The molecule has 0 saturated carbocycles. The number of carbonyl (C=O) groups is 1. The molecular weight excluding hydrogens is 403 g/mol. The van der Waals surface area contributed by atoms with E-state index in [1.807, 2.05) is 44.2 Å². The molecule has 0 aromatic heterocycles. The minimum absolute atomic E-state index is 0.0568. The van der Waals surface area contributed by atoms with Crippen LogP contribution in [0, 0.1) is 12.7 Å². The van der Waals surface area contributed by atoms with Crippen molar-refractivity contribution in [1.82, 2.24) is 5.32 Å². The van der Waals surface area contributed by atoms with Crippen molar-refractivity contribution < 1.29 is 17.6 Å². The van der Waals surface area contributed by atoms with Crippen LogP contribution in [0.15, 0.2) is 83.8 Å². The summed E-state index contributed by atoms with van der Waals surface area (Å²) < 4.78 is 40.9. The fraction of sp³-hybridized carbons (Fsp3) is 0.174. The maximum atomic E-state index is 13.4. The minimum atomic E-state index is -4.03. The van der Waals surface area contributed by atoms with E-state index in [1.54, 1.807) is 12.1 Å². The van der Waals surface area contributed by atoms with E-state index in [0.29, 0.717) is 0 Å². The molecule has 1 atom stereocenters. The molecule has 30 heavy (non-hydrogen) atoms. The van der Waals surface area contributed by atoms with E-state index in [1.165, 1.54) is 24.3 Å². The van der Waals surface area contributed by atoms with Gasteiger partial charge in [-0.3, -0.25) is 9.10 Å². The van der Waals surface area contributed by atoms with Crippen molar-refractivity contribution >= 4 is 21.6 Å². The third kappa shape index (κ3) is 5.04. The van der Waals surface area contributed by atoms with Gasteiger partial charge in [0.2, 0.25) is 5.91 Å². The fourth-order valence-corrected chi connectivity index (χ4v) is 4.42. The molecule has 0 saturated heterocycles. The summed E-state index contributed by atoms with van der Waals surface area (Å²) in [7, 11) is -4.03. The van der Waals surface area contributed by atoms with Crippen molar-refractivity contribution in [2.75, 3.05) is 10.8 Å². The van der Waals surface area contributed by atoms with Gasteiger partial charge in [0.25, 0.3) is 10.0 Å². The van der Waals surface area contributed by atoms with Crippen LogP contribution in [-0.2, 0) is 14.8 Å². The molecule has 0 bridgehead atoms. The number of nitrogens with zero attached hydrogens (tertiary/aromatic N) is 1. The number of hydrogen-bond donors (Lipinski definition) is 1. The Kier molecular flexibility index (Phi) is 6.52. The molecule has 0 radical (unpaired) electrons. The van der Waals surface area contributed by atoms with E-state index in [2.05, 4.69) is 5.32 Å². The van der Waals surface area contributed by atoms with Gasteiger partial charge in [0.1, 0.15) is 12.4 Å². The number of aryl methyl sites for hydroxylation is 1. The standard InChI is InChI=1S/C23H23FN2O3S/c1-17-8-14-22(15-9-17)30(28,29)26(21-12-10-20(24)11-13-21)16-23(27)25-18(2)19-6-4-3-5-7-19/h3-15,18H,16H2,1-2H3,(H,25,27). The molecule has 0 aliphatic rings. The molecule has 0 spiro atoms. The van der Waals surface area contributed by atoms with Gasteiger partial charge in [0, 0.05) is 0 Å². The van der Waals surface area contributed by atoms with Crippen LogP contribution in [0.25, 0.3) is 0 Å². The summed E-state index contributed by atoms with van der Waals surface area (Å²) in [6, 6.07) is 20.4. The number of carbonyl (C=O) groups excluding carboxylic acids is 1. The lowest BCUT2D eigenvalue weighted by atomic mass is 10.1. The first-order valence-electron chi connectivity index (χ1n) is 9.46. The summed E-state index contributed by atoms with van der Waals surface area (Å²) in [5.41, 5.74) is 2.02. The third-order valence-electron chi connectivity index (χ3n) is 4.69. The molecular formula is C23H23FN2O3S. The second-order valence-corrected chi connectivity index (χ2v) is 8.86. The molecule has 3 rings (SSSR count). The lowest BCUT2D eigenvalue weighted by molar-refractivity contribution is -0.120. The smallest absolute Gasteiger partial charge is 0.264 e. The summed E-state index contributed by atoms with van der Waals surface area (Å²) in [4.78, 5) is 12.8. The number of hydrogen-bond acceptors (Lipinski definition) is 3. The second kappa shape index (κ2) is 9.09. The van der Waals surface area contributed by atoms with Crippen LogP contribution in [0.4, 0.5) is 10.1 Å². The highest BCUT2D eigenvalue weighted by molar-refractivity contribution is 7.92. The van der Waals surface area contributed by atoms with Gasteiger partial charge in [-0.05, 0) is 55.8 Å². The number of nitrogens with one attached hydrogen (secondary N) is 1. The summed E-state index contributed by atoms with van der Waals surface area (Å²) in [5, 5.41) is 2.82. The van der Waals surface area contributed by atoms with E-state index < -0.39 is 28.3 Å². The Morgan fingerprint density at radius 1 is 0.967 bits per heavy atom. The molecule has 0 heterocycles. The second-order valence-electron chi connectivity index (χ2n) is 7.00. The highest BCUT2D eigenvalue weighted by Crippen LogP contribution is 2.24. The van der Waals surface area contributed by atoms with E-state index in [4.69, 9.17) is 0 Å². The van der Waals surface area contributed by atoms with Crippen molar-refractivity contribution in [2.24, 2.45) is 0 Å². The Balaban J connectivity index is 1.89. The zero-order chi connectivity index (χ0) is 21.7. The molecule has 0 aliphatic carbocycles. The largest absolute Gasteiger partial charge is 0.348 e. The fourth-order valence-electron chi connectivity index (χ4n) is 3.00. The van der Waals surface area contributed by atoms with Crippen molar-refractivity contribution in [3.8, 4) is 0 Å². The molecule has 3 aromatic rings. The number of rotatable bonds is 7. The Labute approximate surface area is 176 Å². The number of benzene rings is 3. The van der Waals surface area contributed by atoms with Crippen molar-refractivity contribution in [3.63, 3.8) is 0 Å². The average Bonchev–Trinajstić information content (AvgIpc) is 2.73. The van der Waals surface area contributed by atoms with Crippen LogP contribution in [0.1, 0.15) is 24.1 Å². The minimum Gasteiger partial charge on any atom is -0.348 e. The van der Waals surface area contributed by atoms with E-state index in [-0.39, 0.29) is 16.6 Å². The predicted molar refractivity (Wildman–Crippen MR) is 115 cm³/mol. The van der Waals surface area contributed by atoms with Crippen LogP contribution >= 0.6 is 0 Å². The summed E-state index contributed by atoms with van der Waals surface area (Å²) in [6.07, 6.45) is 0. The molecule has 5 nitrogen and oxygen atoms in total. The number of amides is 1. The Hall–Kier alpha value is -3.19. The number of anilines is 1. The summed E-state index contributed by atoms with van der Waals surface area (Å²) in [6.45, 7) is 3.25. The average molecular weight is 427 g/mol. The third-order valence-corrected chi connectivity index (χ3v) is 6.48. The summed E-state index contributed by atoms with van der Waals surface area (Å²) in [5.74, 6) is -0.958. The first-order chi connectivity index (χ1) is 14.3. The van der Waals surface area contributed by atoms with Crippen LogP contribution in [-0.4, -0.2) is 20.9 Å². The van der Waals surface area contributed by atoms with Crippen molar-refractivity contribution in [2.45, 2.75) is 24.8 Å². The highest BCUT2D eigenvalue weighted by atomic mass is 32.2. The van der Waals surface area contributed by atoms with E-state index >= 15 is 0 Å².